The lowest BCUT2D eigenvalue weighted by molar-refractivity contribution is -0.254. The van der Waals surface area contributed by atoms with Gasteiger partial charge in [0.05, 0.1) is 30.0 Å². The van der Waals surface area contributed by atoms with E-state index in [4.69, 9.17) is 14.2 Å². The van der Waals surface area contributed by atoms with Gasteiger partial charge >= 0.3 is 0 Å². The van der Waals surface area contributed by atoms with Gasteiger partial charge in [0.2, 0.25) is 0 Å². The monoisotopic (exact) mass is 391 g/mol. The molecule has 6 nitrogen and oxygen atoms in total. The van der Waals surface area contributed by atoms with Gasteiger partial charge in [0.1, 0.15) is 5.60 Å². The number of piperidine rings is 1. The molecular weight excluding hydrogens is 358 g/mol. The van der Waals surface area contributed by atoms with E-state index in [-0.39, 0.29) is 59.2 Å². The van der Waals surface area contributed by atoms with E-state index >= 15 is 0 Å². The number of hydrogen-bond acceptors (Lipinski definition) is 6. The van der Waals surface area contributed by atoms with Gasteiger partial charge in [-0.3, -0.25) is 4.90 Å². The minimum Gasteiger partial charge on any atom is -0.392 e. The Morgan fingerprint density at radius 1 is 1.14 bits per heavy atom. The summed E-state index contributed by atoms with van der Waals surface area (Å²) in [5.74, 6) is 1.26. The molecule has 2 saturated heterocycles. The van der Waals surface area contributed by atoms with Crippen LogP contribution in [0, 0.1) is 35.0 Å². The maximum atomic E-state index is 12.3. The molecule has 0 aromatic heterocycles. The molecule has 0 amide bonds. The Morgan fingerprint density at radius 3 is 2.68 bits per heavy atom. The smallest absolute Gasteiger partial charge is 0.111 e. The number of methoxy groups -OCH3 is 2. The van der Waals surface area contributed by atoms with Crippen LogP contribution in [0.5, 0.6) is 0 Å². The average Bonchev–Trinajstić information content (AvgIpc) is 3.14. The van der Waals surface area contributed by atoms with E-state index in [1.54, 1.807) is 14.2 Å². The summed E-state index contributed by atoms with van der Waals surface area (Å²) < 4.78 is 18.4. The molecule has 2 unspecified atom stereocenters. The summed E-state index contributed by atoms with van der Waals surface area (Å²) in [6.07, 6.45) is 3.41. The first kappa shape index (κ1) is 17.4. The Hall–Kier alpha value is -0.240. The van der Waals surface area contributed by atoms with E-state index in [1.807, 2.05) is 0 Å². The van der Waals surface area contributed by atoms with Gasteiger partial charge in [0, 0.05) is 68.7 Å². The van der Waals surface area contributed by atoms with E-state index in [0.717, 1.165) is 32.4 Å². The van der Waals surface area contributed by atoms with Gasteiger partial charge in [-0.05, 0) is 25.3 Å². The van der Waals surface area contributed by atoms with Crippen LogP contribution in [0.4, 0.5) is 0 Å². The Morgan fingerprint density at radius 2 is 1.96 bits per heavy atom. The highest BCUT2D eigenvalue weighted by Gasteiger charge is 2.88. The zero-order valence-electron chi connectivity index (χ0n) is 17.1. The van der Waals surface area contributed by atoms with Crippen molar-refractivity contribution in [2.45, 2.75) is 74.3 Å². The highest BCUT2D eigenvalue weighted by atomic mass is 16.6. The summed E-state index contributed by atoms with van der Waals surface area (Å²) in [6, 6.07) is 0.256. The van der Waals surface area contributed by atoms with Crippen molar-refractivity contribution in [1.29, 1.82) is 0 Å². The maximum absolute atomic E-state index is 12.3. The molecule has 2 N–H and O–H groups in total. The number of aliphatic hydroxyl groups excluding tert-OH is 1. The Labute approximate surface area is 166 Å². The van der Waals surface area contributed by atoms with Crippen molar-refractivity contribution in [3.8, 4) is 0 Å². The number of aliphatic hydroxyl groups is 2. The molecule has 7 aliphatic rings. The second-order valence-electron chi connectivity index (χ2n) is 10.9. The van der Waals surface area contributed by atoms with Crippen LogP contribution < -0.4 is 0 Å². The Balaban J connectivity index is 1.47. The lowest BCUT2D eigenvalue weighted by atomic mass is 9.46. The summed E-state index contributed by atoms with van der Waals surface area (Å²) in [6.45, 7) is 4.16. The van der Waals surface area contributed by atoms with Gasteiger partial charge in [0.25, 0.3) is 0 Å². The van der Waals surface area contributed by atoms with Crippen LogP contribution in [0.3, 0.4) is 0 Å². The first-order valence-corrected chi connectivity index (χ1v) is 11.3. The zero-order chi connectivity index (χ0) is 19.2. The predicted molar refractivity (Wildman–Crippen MR) is 99.5 cm³/mol. The Bertz CT molecular complexity index is 734. The standard InChI is InChI=1S/C22H33NO5/c1-4-23-9-21-14-6-12-19(23)22(14,15(24)7-16(21)28-21)11-5-10-13(26-2)8-20(12,25)17(11)18(10)27-3/h10-19,24-25H,4-9H2,1-3H3/t10-,11+,12-,13-,14?,15-,16-,17+,18-,19?,20-,21+,22+/m0/s1. The molecule has 7 rings (SSSR count). The fraction of sp³-hybridized carbons (Fsp3) is 1.00. The third-order valence-electron chi connectivity index (χ3n) is 10.9. The van der Waals surface area contributed by atoms with Crippen LogP contribution in [-0.2, 0) is 14.2 Å². The van der Waals surface area contributed by atoms with Crippen LogP contribution in [0.1, 0.15) is 32.6 Å². The third kappa shape index (κ3) is 1.50. The quantitative estimate of drug-likeness (QED) is 0.688. The van der Waals surface area contributed by atoms with E-state index in [2.05, 4.69) is 11.8 Å². The SMILES string of the molecule is CCN1C[C@]23O[C@H]2C[C@H](O)[C@]24C1[C@H](CC23)[C@@]1(O)C[C@H](OC)[C@@H]2C[C@@H]4[C@@H]1[C@H]2OC. The highest BCUT2D eigenvalue weighted by molar-refractivity contribution is 5.37. The number of nitrogens with zero attached hydrogens (tertiary/aromatic N) is 1. The first-order valence-electron chi connectivity index (χ1n) is 11.3. The Kier molecular flexibility index (Phi) is 3.10. The molecule has 0 radical (unpaired) electrons. The molecule has 28 heavy (non-hydrogen) atoms. The zero-order valence-corrected chi connectivity index (χ0v) is 17.1. The number of hydrogen-bond donors (Lipinski definition) is 2. The van der Waals surface area contributed by atoms with Gasteiger partial charge in [-0.15, -0.1) is 0 Å². The first-order chi connectivity index (χ1) is 13.5. The fourth-order valence-electron chi connectivity index (χ4n) is 10.3. The van der Waals surface area contributed by atoms with Crippen molar-refractivity contribution >= 4 is 0 Å². The lowest BCUT2D eigenvalue weighted by Crippen LogP contribution is -2.75. The number of fused-ring (bicyclic) bond motifs is 2. The summed E-state index contributed by atoms with van der Waals surface area (Å²) in [4.78, 5) is 2.57. The number of likely N-dealkylation sites (N-methyl/N-ethyl adjacent to an activating group) is 1. The molecule has 5 saturated carbocycles. The number of ether oxygens (including phenoxy) is 3. The molecule has 156 valence electrons. The molecule has 13 atom stereocenters. The van der Waals surface area contributed by atoms with Crippen LogP contribution in [0.25, 0.3) is 0 Å². The molecule has 7 bridgehead atoms. The van der Waals surface area contributed by atoms with Crippen LogP contribution in [0.2, 0.25) is 0 Å². The number of rotatable bonds is 3. The molecule has 5 aliphatic carbocycles. The maximum Gasteiger partial charge on any atom is 0.111 e. The second-order valence-corrected chi connectivity index (χ2v) is 10.9. The average molecular weight is 392 g/mol. The van der Waals surface area contributed by atoms with Crippen molar-refractivity contribution in [3.05, 3.63) is 0 Å². The number of likely N-dealkylation sites (tertiary alicyclic amines) is 1. The van der Waals surface area contributed by atoms with Gasteiger partial charge in [0.15, 0.2) is 0 Å². The van der Waals surface area contributed by atoms with E-state index in [1.165, 1.54) is 0 Å². The van der Waals surface area contributed by atoms with Gasteiger partial charge < -0.3 is 24.4 Å². The summed E-state index contributed by atoms with van der Waals surface area (Å²) in [5, 5.41) is 24.0. The molecule has 6 heteroatoms. The topological polar surface area (TPSA) is 74.7 Å². The fourth-order valence-corrected chi connectivity index (χ4v) is 10.3. The highest BCUT2D eigenvalue weighted by Crippen LogP contribution is 2.80. The van der Waals surface area contributed by atoms with Gasteiger partial charge in [-0.25, -0.2) is 0 Å². The van der Waals surface area contributed by atoms with E-state index < -0.39 is 5.60 Å². The van der Waals surface area contributed by atoms with Crippen LogP contribution in [0.15, 0.2) is 0 Å². The number of epoxide rings is 1. The van der Waals surface area contributed by atoms with Crippen molar-refractivity contribution < 1.29 is 24.4 Å². The van der Waals surface area contributed by atoms with E-state index in [0.29, 0.717) is 18.3 Å². The largest absolute Gasteiger partial charge is 0.392 e. The predicted octanol–water partition coefficient (Wildman–Crippen LogP) is 0.646. The summed E-state index contributed by atoms with van der Waals surface area (Å²) in [7, 11) is 3.58. The van der Waals surface area contributed by atoms with Gasteiger partial charge in [-0.1, -0.05) is 6.92 Å². The molecule has 2 aliphatic heterocycles. The van der Waals surface area contributed by atoms with E-state index in [9.17, 15) is 10.2 Å². The van der Waals surface area contributed by atoms with Crippen molar-refractivity contribution in [3.63, 3.8) is 0 Å². The third-order valence-corrected chi connectivity index (χ3v) is 10.9. The van der Waals surface area contributed by atoms with Crippen molar-refractivity contribution in [2.24, 2.45) is 35.0 Å². The molecule has 0 aromatic rings. The molecule has 2 spiro atoms. The van der Waals surface area contributed by atoms with Crippen LogP contribution >= 0.6 is 0 Å². The van der Waals surface area contributed by atoms with Crippen LogP contribution in [-0.4, -0.2) is 84.1 Å². The normalized spacial score (nSPS) is 68.0. The second kappa shape index (κ2) is 4.97. The molecule has 2 heterocycles. The van der Waals surface area contributed by atoms with Gasteiger partial charge in [-0.2, -0.15) is 0 Å². The van der Waals surface area contributed by atoms with Crippen molar-refractivity contribution in [2.75, 3.05) is 27.3 Å². The molecule has 0 aromatic carbocycles. The lowest BCUT2D eigenvalue weighted by Gasteiger charge is -2.65. The molecular formula is C22H33NO5. The summed E-state index contributed by atoms with van der Waals surface area (Å²) in [5.41, 5.74) is -0.997. The minimum atomic E-state index is -0.769. The summed E-state index contributed by atoms with van der Waals surface area (Å²) >= 11 is 0. The van der Waals surface area contributed by atoms with Crippen molar-refractivity contribution in [1.82, 2.24) is 4.90 Å². The molecule has 7 fully saturated rings. The minimum absolute atomic E-state index is 0.0308.